The zero-order valence-electron chi connectivity index (χ0n) is 21.6. The molecule has 34 heavy (non-hydrogen) atoms. The van der Waals surface area contributed by atoms with E-state index in [2.05, 4.69) is 94.4 Å². The number of halogens is 1. The molecule has 1 fully saturated rings. The summed E-state index contributed by atoms with van der Waals surface area (Å²) in [4.78, 5) is 18.6. The maximum atomic E-state index is 11.9. The summed E-state index contributed by atoms with van der Waals surface area (Å²) in [5.41, 5.74) is 1.18. The van der Waals surface area contributed by atoms with Gasteiger partial charge in [0.15, 0.2) is 0 Å². The zero-order chi connectivity index (χ0) is 25.3. The Morgan fingerprint density at radius 3 is 2.53 bits per heavy atom. The molecule has 1 saturated heterocycles. The first-order chi connectivity index (χ1) is 15.8. The van der Waals surface area contributed by atoms with Crippen molar-refractivity contribution in [1.82, 2.24) is 9.80 Å². The van der Waals surface area contributed by atoms with E-state index in [0.29, 0.717) is 17.0 Å². The second-order valence-electron chi connectivity index (χ2n) is 11.0. The number of hydrogen-bond donors (Lipinski definition) is 0. The molecule has 2 aromatic rings. The van der Waals surface area contributed by atoms with Crippen molar-refractivity contribution in [1.29, 1.82) is 0 Å². The lowest BCUT2D eigenvalue weighted by atomic mass is 9.98. The molecule has 0 amide bonds. The Bertz CT molecular complexity index is 1020. The summed E-state index contributed by atoms with van der Waals surface area (Å²) in [6.07, 6.45) is 1.98. The number of rotatable bonds is 8. The fraction of sp³-hybridized carbons (Fsp3) is 0.519. The van der Waals surface area contributed by atoms with Gasteiger partial charge in [0, 0.05) is 36.6 Å². The maximum Gasteiger partial charge on any atom is 0.262 e. The molecule has 186 valence electrons. The number of nitrogens with zero attached hydrogens (tertiary/aromatic N) is 2. The zero-order valence-corrected chi connectivity index (χ0v) is 24.2. The van der Waals surface area contributed by atoms with Gasteiger partial charge in [0.2, 0.25) is 8.32 Å². The van der Waals surface area contributed by atoms with Crippen molar-refractivity contribution >= 4 is 36.5 Å². The average molecular weight is 519 g/mol. The molecule has 1 aromatic carbocycles. The molecule has 2 heterocycles. The Morgan fingerprint density at radius 1 is 1.24 bits per heavy atom. The quantitative estimate of drug-likeness (QED) is 0.210. The first-order valence-electron chi connectivity index (χ1n) is 12.0. The van der Waals surface area contributed by atoms with Crippen LogP contribution in [0.2, 0.25) is 18.1 Å². The predicted molar refractivity (Wildman–Crippen MR) is 148 cm³/mol. The molecule has 4 nitrogen and oxygen atoms in total. The SMILES string of the molecule is C=CCN1C[C@H](C)N([C@H](c2cccc(O[Si](C)(C)C(C)(C)C)c2)c2ccc(C(=O)Cl)s2)C[C@H]1C. The third-order valence-corrected chi connectivity index (χ3v) is 13.1. The summed E-state index contributed by atoms with van der Waals surface area (Å²) in [6, 6.07) is 13.2. The summed E-state index contributed by atoms with van der Waals surface area (Å²) in [6.45, 7) is 22.6. The summed E-state index contributed by atoms with van der Waals surface area (Å²) < 4.78 is 6.65. The Hall–Kier alpha value is -1.44. The highest BCUT2D eigenvalue weighted by molar-refractivity contribution is 7.15. The lowest BCUT2D eigenvalue weighted by Gasteiger charge is -2.47. The smallest absolute Gasteiger partial charge is 0.262 e. The monoisotopic (exact) mass is 518 g/mol. The van der Waals surface area contributed by atoms with Crippen LogP contribution in [0.15, 0.2) is 49.1 Å². The van der Waals surface area contributed by atoms with E-state index in [1.165, 1.54) is 16.9 Å². The molecule has 1 aromatic heterocycles. The fourth-order valence-electron chi connectivity index (χ4n) is 4.33. The van der Waals surface area contributed by atoms with Crippen LogP contribution in [0.3, 0.4) is 0 Å². The molecule has 0 N–H and O–H groups in total. The molecule has 3 atom stereocenters. The van der Waals surface area contributed by atoms with Crippen molar-refractivity contribution < 1.29 is 9.22 Å². The van der Waals surface area contributed by atoms with E-state index in [1.807, 2.05) is 12.1 Å². The van der Waals surface area contributed by atoms with Crippen molar-refractivity contribution in [2.75, 3.05) is 19.6 Å². The van der Waals surface area contributed by atoms with Gasteiger partial charge in [-0.2, -0.15) is 0 Å². The van der Waals surface area contributed by atoms with Crippen LogP contribution < -0.4 is 4.43 Å². The topological polar surface area (TPSA) is 32.8 Å². The minimum absolute atomic E-state index is 0.0288. The van der Waals surface area contributed by atoms with E-state index in [1.54, 1.807) is 0 Å². The molecule has 1 aliphatic rings. The molecule has 7 heteroatoms. The second-order valence-corrected chi connectivity index (χ2v) is 17.1. The van der Waals surface area contributed by atoms with Gasteiger partial charge in [-0.25, -0.2) is 0 Å². The fourth-order valence-corrected chi connectivity index (χ4v) is 6.52. The molecule has 1 aliphatic heterocycles. The van der Waals surface area contributed by atoms with Crippen LogP contribution in [0.25, 0.3) is 0 Å². The minimum Gasteiger partial charge on any atom is -0.543 e. The van der Waals surface area contributed by atoms with E-state index in [4.69, 9.17) is 16.0 Å². The standard InChI is InChI=1S/C27H39ClN2O2SSi/c1-9-15-29-17-20(3)30(18-19(29)2)25(23-13-14-24(33-23)26(28)31)21-11-10-12-22(16-21)32-34(7,8)27(4,5)6/h9-14,16,19-20,25H,1,15,17-18H2,2-8H3/t19-,20+,25-/m1/s1. The van der Waals surface area contributed by atoms with Gasteiger partial charge in [0.25, 0.3) is 5.24 Å². The van der Waals surface area contributed by atoms with Gasteiger partial charge in [-0.3, -0.25) is 14.6 Å². The summed E-state index contributed by atoms with van der Waals surface area (Å²) in [5, 5.41) is -0.278. The van der Waals surface area contributed by atoms with Gasteiger partial charge in [-0.05, 0) is 73.4 Å². The molecule has 0 unspecified atom stereocenters. The number of carbonyl (C=O) groups is 1. The summed E-state index contributed by atoms with van der Waals surface area (Å²) in [7, 11) is -1.97. The van der Waals surface area contributed by atoms with Gasteiger partial charge in [-0.15, -0.1) is 17.9 Å². The third-order valence-electron chi connectivity index (χ3n) is 7.30. The van der Waals surface area contributed by atoms with Crippen molar-refractivity contribution in [2.45, 2.75) is 70.9 Å². The molecule has 0 saturated carbocycles. The lowest BCUT2D eigenvalue weighted by Crippen LogP contribution is -2.57. The number of piperazine rings is 1. The Kier molecular flexibility index (Phi) is 8.52. The lowest BCUT2D eigenvalue weighted by molar-refractivity contribution is 0.0315. The summed E-state index contributed by atoms with van der Waals surface area (Å²) >= 11 is 7.32. The Labute approximate surface area is 215 Å². The van der Waals surface area contributed by atoms with Gasteiger partial charge >= 0.3 is 0 Å². The van der Waals surface area contributed by atoms with E-state index >= 15 is 0 Å². The number of thiophene rings is 1. The highest BCUT2D eigenvalue weighted by Crippen LogP contribution is 2.40. The van der Waals surface area contributed by atoms with Gasteiger partial charge in [-0.1, -0.05) is 39.0 Å². The van der Waals surface area contributed by atoms with Crippen molar-refractivity contribution in [2.24, 2.45) is 0 Å². The van der Waals surface area contributed by atoms with Crippen molar-refractivity contribution in [3.8, 4) is 5.75 Å². The first kappa shape index (κ1) is 27.1. The first-order valence-corrected chi connectivity index (χ1v) is 16.1. The van der Waals surface area contributed by atoms with Crippen LogP contribution in [0, 0.1) is 0 Å². The molecular formula is C27H39ClN2O2SSi. The molecular weight excluding hydrogens is 480 g/mol. The predicted octanol–water partition coefficient (Wildman–Crippen LogP) is 7.18. The Morgan fingerprint density at radius 2 is 1.94 bits per heavy atom. The van der Waals surface area contributed by atoms with Crippen LogP contribution >= 0.6 is 22.9 Å². The van der Waals surface area contributed by atoms with Crippen molar-refractivity contribution in [3.05, 3.63) is 64.4 Å². The largest absolute Gasteiger partial charge is 0.543 e. The van der Waals surface area contributed by atoms with Gasteiger partial charge < -0.3 is 4.43 Å². The second kappa shape index (κ2) is 10.7. The number of carbonyl (C=O) groups excluding carboxylic acids is 1. The van der Waals surface area contributed by atoms with Crippen LogP contribution in [0.5, 0.6) is 5.75 Å². The summed E-state index contributed by atoms with van der Waals surface area (Å²) in [5.74, 6) is 0.922. The molecule has 0 bridgehead atoms. The third kappa shape index (κ3) is 6.03. The highest BCUT2D eigenvalue weighted by Gasteiger charge is 2.39. The maximum absolute atomic E-state index is 11.9. The molecule has 0 radical (unpaired) electrons. The van der Waals surface area contributed by atoms with Crippen molar-refractivity contribution in [3.63, 3.8) is 0 Å². The minimum atomic E-state index is -1.97. The number of benzene rings is 1. The highest BCUT2D eigenvalue weighted by atomic mass is 35.5. The van der Waals surface area contributed by atoms with E-state index in [9.17, 15) is 4.79 Å². The van der Waals surface area contributed by atoms with Crippen LogP contribution in [0.4, 0.5) is 0 Å². The van der Waals surface area contributed by atoms with Gasteiger partial charge in [0.05, 0.1) is 10.9 Å². The van der Waals surface area contributed by atoms with Gasteiger partial charge in [0.1, 0.15) is 5.75 Å². The number of hydrogen-bond acceptors (Lipinski definition) is 5. The van der Waals surface area contributed by atoms with E-state index < -0.39 is 13.6 Å². The van der Waals surface area contributed by atoms with E-state index in [0.717, 1.165) is 30.3 Å². The van der Waals surface area contributed by atoms with Crippen LogP contribution in [-0.4, -0.2) is 55.1 Å². The molecule has 0 spiro atoms. The van der Waals surface area contributed by atoms with Crippen LogP contribution in [0.1, 0.15) is 60.8 Å². The Balaban J connectivity index is 2.01. The molecule has 0 aliphatic carbocycles. The normalized spacial score (nSPS) is 21.3. The van der Waals surface area contributed by atoms with Crippen LogP contribution in [-0.2, 0) is 0 Å². The average Bonchev–Trinajstić information content (AvgIpc) is 3.21. The van der Waals surface area contributed by atoms with E-state index in [-0.39, 0.29) is 11.1 Å². The molecule has 3 rings (SSSR count).